The number of nitro groups is 1. The highest BCUT2D eigenvalue weighted by molar-refractivity contribution is 7.89. The lowest BCUT2D eigenvalue weighted by Crippen LogP contribution is -2.32. The number of sulfonamides is 1. The number of nitrogens with one attached hydrogen (secondary N) is 1. The predicted octanol–water partition coefficient (Wildman–Crippen LogP) is 2.33. The first-order valence-electron chi connectivity index (χ1n) is 5.24. The first-order chi connectivity index (χ1) is 8.27. The monoisotopic (exact) mass is 292 g/mol. The number of rotatable bonds is 5. The van der Waals surface area contributed by atoms with Crippen molar-refractivity contribution in [2.45, 2.75) is 31.2 Å². The molecule has 0 saturated heterocycles. The fraction of sp³-hybridized carbons (Fsp3) is 0.400. The number of benzene rings is 1. The Morgan fingerprint density at radius 1 is 1.50 bits per heavy atom. The second kappa shape index (κ2) is 5.64. The molecule has 8 heteroatoms. The van der Waals surface area contributed by atoms with Crippen LogP contribution in [0.2, 0.25) is 5.02 Å². The Kier molecular flexibility index (Phi) is 4.66. The molecule has 18 heavy (non-hydrogen) atoms. The summed E-state index contributed by atoms with van der Waals surface area (Å²) in [5.74, 6) is 0. The lowest BCUT2D eigenvalue weighted by atomic mass is 10.3. The zero-order valence-electron chi connectivity index (χ0n) is 9.88. The molecule has 1 rings (SSSR count). The molecule has 1 aromatic carbocycles. The van der Waals surface area contributed by atoms with Crippen molar-refractivity contribution in [2.75, 3.05) is 0 Å². The minimum Gasteiger partial charge on any atom is -0.258 e. The number of halogens is 1. The van der Waals surface area contributed by atoms with E-state index >= 15 is 0 Å². The van der Waals surface area contributed by atoms with Gasteiger partial charge in [0.1, 0.15) is 5.02 Å². The Labute approximate surface area is 110 Å². The van der Waals surface area contributed by atoms with Gasteiger partial charge in [0.2, 0.25) is 10.0 Å². The van der Waals surface area contributed by atoms with Crippen LogP contribution in [-0.2, 0) is 10.0 Å². The summed E-state index contributed by atoms with van der Waals surface area (Å²) in [6.07, 6.45) is 0.620. The minimum atomic E-state index is -3.76. The fourth-order valence-corrected chi connectivity index (χ4v) is 2.75. The molecule has 0 saturated carbocycles. The Balaban J connectivity index is 3.18. The van der Waals surface area contributed by atoms with Crippen LogP contribution in [0.3, 0.4) is 0 Å². The normalized spacial score (nSPS) is 13.3. The van der Waals surface area contributed by atoms with Gasteiger partial charge in [0, 0.05) is 12.1 Å². The average Bonchev–Trinajstić information content (AvgIpc) is 2.28. The van der Waals surface area contributed by atoms with Gasteiger partial charge in [-0.15, -0.1) is 0 Å². The van der Waals surface area contributed by atoms with Gasteiger partial charge in [-0.2, -0.15) is 0 Å². The van der Waals surface area contributed by atoms with Gasteiger partial charge in [-0.05, 0) is 25.5 Å². The van der Waals surface area contributed by atoms with Crippen LogP contribution in [-0.4, -0.2) is 19.4 Å². The van der Waals surface area contributed by atoms with Crippen molar-refractivity contribution in [3.8, 4) is 0 Å². The molecule has 0 aliphatic rings. The minimum absolute atomic E-state index is 0.0949. The molecule has 0 bridgehead atoms. The largest absolute Gasteiger partial charge is 0.289 e. The summed E-state index contributed by atoms with van der Waals surface area (Å²) >= 11 is 5.62. The molecule has 0 heterocycles. The van der Waals surface area contributed by atoms with Crippen LogP contribution < -0.4 is 4.72 Å². The fourth-order valence-electron chi connectivity index (χ4n) is 1.22. The summed E-state index contributed by atoms with van der Waals surface area (Å²) in [5.41, 5.74) is -0.427. The number of nitrogens with zero attached hydrogens (tertiary/aromatic N) is 1. The molecular weight excluding hydrogens is 280 g/mol. The van der Waals surface area contributed by atoms with E-state index in [9.17, 15) is 18.5 Å². The smallest absolute Gasteiger partial charge is 0.258 e. The topological polar surface area (TPSA) is 89.3 Å². The maximum absolute atomic E-state index is 11.9. The van der Waals surface area contributed by atoms with Crippen molar-refractivity contribution in [3.05, 3.63) is 33.3 Å². The van der Waals surface area contributed by atoms with E-state index in [4.69, 9.17) is 11.6 Å². The van der Waals surface area contributed by atoms with Crippen LogP contribution in [0.5, 0.6) is 0 Å². The van der Waals surface area contributed by atoms with Gasteiger partial charge in [-0.3, -0.25) is 10.1 Å². The second-order valence-corrected chi connectivity index (χ2v) is 5.92. The molecule has 0 spiro atoms. The summed E-state index contributed by atoms with van der Waals surface area (Å²) in [7, 11) is -3.76. The zero-order chi connectivity index (χ0) is 13.9. The molecule has 0 aliphatic heterocycles. The van der Waals surface area contributed by atoms with Crippen molar-refractivity contribution in [2.24, 2.45) is 0 Å². The van der Waals surface area contributed by atoms with E-state index in [2.05, 4.69) is 4.72 Å². The Hall–Kier alpha value is -1.18. The van der Waals surface area contributed by atoms with Crippen LogP contribution in [0.1, 0.15) is 20.3 Å². The third-order valence-electron chi connectivity index (χ3n) is 2.39. The molecule has 1 N–H and O–H groups in total. The van der Waals surface area contributed by atoms with Crippen molar-refractivity contribution in [1.82, 2.24) is 4.72 Å². The van der Waals surface area contributed by atoms with Gasteiger partial charge >= 0.3 is 0 Å². The van der Waals surface area contributed by atoms with Crippen molar-refractivity contribution < 1.29 is 13.3 Å². The highest BCUT2D eigenvalue weighted by atomic mass is 35.5. The van der Waals surface area contributed by atoms with E-state index < -0.39 is 20.6 Å². The highest BCUT2D eigenvalue weighted by Crippen LogP contribution is 2.27. The third kappa shape index (κ3) is 3.41. The molecule has 0 aromatic heterocycles. The van der Waals surface area contributed by atoms with Crippen LogP contribution in [0.15, 0.2) is 23.1 Å². The molecule has 100 valence electrons. The molecule has 0 radical (unpaired) electrons. The molecule has 0 aliphatic carbocycles. The van der Waals surface area contributed by atoms with Gasteiger partial charge in [0.25, 0.3) is 5.69 Å². The molecular formula is C10H13ClN2O4S. The lowest BCUT2D eigenvalue weighted by Gasteiger charge is -2.11. The van der Waals surface area contributed by atoms with E-state index in [-0.39, 0.29) is 16.0 Å². The molecule has 1 atom stereocenters. The Morgan fingerprint density at radius 2 is 2.11 bits per heavy atom. The van der Waals surface area contributed by atoms with Crippen LogP contribution in [0.25, 0.3) is 0 Å². The summed E-state index contributed by atoms with van der Waals surface area (Å²) in [6.45, 7) is 3.54. The van der Waals surface area contributed by atoms with E-state index in [1.54, 1.807) is 6.92 Å². The van der Waals surface area contributed by atoms with E-state index in [0.717, 1.165) is 6.07 Å². The quantitative estimate of drug-likeness (QED) is 0.666. The van der Waals surface area contributed by atoms with E-state index in [1.165, 1.54) is 12.1 Å². The summed E-state index contributed by atoms with van der Waals surface area (Å²) in [6, 6.07) is 3.14. The Morgan fingerprint density at radius 3 is 2.61 bits per heavy atom. The van der Waals surface area contributed by atoms with Crippen molar-refractivity contribution in [3.63, 3.8) is 0 Å². The maximum Gasteiger partial charge on any atom is 0.289 e. The SMILES string of the molecule is CC[C@@H](C)NS(=O)(=O)c1ccc(Cl)c([N+](=O)[O-])c1. The van der Waals surface area contributed by atoms with Gasteiger partial charge in [-0.1, -0.05) is 18.5 Å². The number of nitro benzene ring substituents is 1. The standard InChI is InChI=1S/C10H13ClN2O4S/c1-3-7(2)12-18(16,17)8-4-5-9(11)10(6-8)13(14)15/h4-7,12H,3H2,1-2H3/t7-/m1/s1. The zero-order valence-corrected chi connectivity index (χ0v) is 11.5. The highest BCUT2D eigenvalue weighted by Gasteiger charge is 2.21. The number of hydrogen-bond donors (Lipinski definition) is 1. The van der Waals surface area contributed by atoms with Crippen LogP contribution in [0.4, 0.5) is 5.69 Å². The summed E-state index contributed by atoms with van der Waals surface area (Å²) < 4.78 is 26.2. The molecule has 0 amide bonds. The first-order valence-corrected chi connectivity index (χ1v) is 7.10. The first kappa shape index (κ1) is 14.9. The lowest BCUT2D eigenvalue weighted by molar-refractivity contribution is -0.384. The third-order valence-corrected chi connectivity index (χ3v) is 4.30. The van der Waals surface area contributed by atoms with Gasteiger partial charge in [-0.25, -0.2) is 13.1 Å². The second-order valence-electron chi connectivity index (χ2n) is 3.80. The van der Waals surface area contributed by atoms with E-state index in [1.807, 2.05) is 6.92 Å². The molecule has 6 nitrogen and oxygen atoms in total. The van der Waals surface area contributed by atoms with Crippen molar-refractivity contribution >= 4 is 27.3 Å². The van der Waals surface area contributed by atoms with Gasteiger partial charge < -0.3 is 0 Å². The predicted molar refractivity (Wildman–Crippen MR) is 68.2 cm³/mol. The van der Waals surface area contributed by atoms with Gasteiger partial charge in [0.05, 0.1) is 9.82 Å². The Bertz CT molecular complexity index is 559. The molecule has 0 fully saturated rings. The average molecular weight is 293 g/mol. The van der Waals surface area contributed by atoms with Gasteiger partial charge in [0.15, 0.2) is 0 Å². The van der Waals surface area contributed by atoms with Crippen LogP contribution >= 0.6 is 11.6 Å². The van der Waals surface area contributed by atoms with E-state index in [0.29, 0.717) is 6.42 Å². The maximum atomic E-state index is 11.9. The van der Waals surface area contributed by atoms with Crippen molar-refractivity contribution in [1.29, 1.82) is 0 Å². The summed E-state index contributed by atoms with van der Waals surface area (Å²) in [4.78, 5) is 9.80. The summed E-state index contributed by atoms with van der Waals surface area (Å²) in [5, 5.41) is 10.6. The van der Waals surface area contributed by atoms with Crippen LogP contribution in [0, 0.1) is 10.1 Å². The molecule has 1 aromatic rings. The molecule has 0 unspecified atom stereocenters. The number of hydrogen-bond acceptors (Lipinski definition) is 4.